The highest BCUT2D eigenvalue weighted by Crippen LogP contribution is 2.48. The van der Waals surface area contributed by atoms with Crippen molar-refractivity contribution in [2.45, 2.75) is 103 Å². The van der Waals surface area contributed by atoms with Gasteiger partial charge in [0.25, 0.3) is 0 Å². The Bertz CT molecular complexity index is 637. The van der Waals surface area contributed by atoms with Crippen LogP contribution in [0.3, 0.4) is 0 Å². The molecule has 3 atom stereocenters. The summed E-state index contributed by atoms with van der Waals surface area (Å²) in [5, 5.41) is 10.5. The second-order valence-electron chi connectivity index (χ2n) is 8.67. The maximum Gasteiger partial charge on any atom is 0.167 e. The molecule has 1 aromatic carbocycles. The number of aromatic hydroxyl groups is 1. The van der Waals surface area contributed by atoms with Crippen LogP contribution in [0, 0.1) is 5.92 Å². The highest BCUT2D eigenvalue weighted by atomic mass is 16.5. The van der Waals surface area contributed by atoms with Crippen molar-refractivity contribution in [3.8, 4) is 11.5 Å². The minimum Gasteiger partial charge on any atom is -0.507 e. The molecular weight excluding hydrogens is 336 g/mol. The summed E-state index contributed by atoms with van der Waals surface area (Å²) >= 11 is 0. The third-order valence-electron chi connectivity index (χ3n) is 6.46. The number of carbonyl (C=O) groups excluding carboxylic acids is 1. The van der Waals surface area contributed by atoms with Crippen LogP contribution in [0.4, 0.5) is 0 Å². The maximum absolute atomic E-state index is 12.5. The fourth-order valence-corrected chi connectivity index (χ4v) is 4.99. The average molecular weight is 373 g/mol. The lowest BCUT2D eigenvalue weighted by Crippen LogP contribution is -2.28. The number of ketones is 1. The molecule has 0 radical (unpaired) electrons. The van der Waals surface area contributed by atoms with Gasteiger partial charge in [-0.3, -0.25) is 4.79 Å². The Labute approximate surface area is 164 Å². The van der Waals surface area contributed by atoms with E-state index >= 15 is 0 Å². The SMILES string of the molecule is CCCCCCCCC(C)Oc1cc(O)c2c(c1)[C@@H]1CCCC[C@H]1CC2=O. The van der Waals surface area contributed by atoms with Gasteiger partial charge < -0.3 is 9.84 Å². The van der Waals surface area contributed by atoms with E-state index in [2.05, 4.69) is 13.8 Å². The molecule has 150 valence electrons. The van der Waals surface area contributed by atoms with Crippen molar-refractivity contribution in [3.05, 3.63) is 23.3 Å². The Morgan fingerprint density at radius 1 is 1.11 bits per heavy atom. The maximum atomic E-state index is 12.5. The van der Waals surface area contributed by atoms with Gasteiger partial charge in [-0.1, -0.05) is 51.9 Å². The number of hydrogen-bond acceptors (Lipinski definition) is 3. The fourth-order valence-electron chi connectivity index (χ4n) is 4.99. The van der Waals surface area contributed by atoms with Crippen LogP contribution in [0.1, 0.15) is 113 Å². The number of carbonyl (C=O) groups is 1. The van der Waals surface area contributed by atoms with E-state index in [4.69, 9.17) is 4.74 Å². The van der Waals surface area contributed by atoms with Gasteiger partial charge >= 0.3 is 0 Å². The van der Waals surface area contributed by atoms with Crippen molar-refractivity contribution in [3.63, 3.8) is 0 Å². The highest BCUT2D eigenvalue weighted by Gasteiger charge is 2.37. The number of Topliss-reactive ketones (excluding diaryl/α,β-unsaturated/α-hetero) is 1. The zero-order chi connectivity index (χ0) is 19.2. The van der Waals surface area contributed by atoms with Crippen LogP contribution < -0.4 is 4.74 Å². The number of hydrogen-bond donors (Lipinski definition) is 1. The van der Waals surface area contributed by atoms with E-state index < -0.39 is 0 Å². The van der Waals surface area contributed by atoms with Crippen molar-refractivity contribution in [1.29, 1.82) is 0 Å². The number of phenols is 1. The average Bonchev–Trinajstić information content (AvgIpc) is 2.64. The van der Waals surface area contributed by atoms with E-state index in [1.54, 1.807) is 6.07 Å². The molecule has 3 heteroatoms. The molecule has 3 nitrogen and oxygen atoms in total. The molecule has 0 bridgehead atoms. The van der Waals surface area contributed by atoms with Crippen LogP contribution in [0.25, 0.3) is 0 Å². The predicted molar refractivity (Wildman–Crippen MR) is 110 cm³/mol. The molecular formula is C24H36O3. The van der Waals surface area contributed by atoms with Crippen molar-refractivity contribution in [1.82, 2.24) is 0 Å². The Hall–Kier alpha value is -1.51. The summed E-state index contributed by atoms with van der Waals surface area (Å²) in [6.45, 7) is 4.35. The van der Waals surface area contributed by atoms with Gasteiger partial charge in [0, 0.05) is 12.5 Å². The first-order chi connectivity index (χ1) is 13.1. The Balaban J connectivity index is 1.62. The molecule has 0 spiro atoms. The molecule has 1 unspecified atom stereocenters. The van der Waals surface area contributed by atoms with Gasteiger partial charge in [0.2, 0.25) is 0 Å². The van der Waals surface area contributed by atoms with Gasteiger partial charge in [0.1, 0.15) is 11.5 Å². The third-order valence-corrected chi connectivity index (χ3v) is 6.46. The number of unbranched alkanes of at least 4 members (excludes halogenated alkanes) is 5. The molecule has 1 saturated carbocycles. The largest absolute Gasteiger partial charge is 0.507 e. The summed E-state index contributed by atoms with van der Waals surface area (Å²) in [7, 11) is 0. The van der Waals surface area contributed by atoms with E-state index in [-0.39, 0.29) is 17.6 Å². The zero-order valence-corrected chi connectivity index (χ0v) is 17.1. The lowest BCUT2D eigenvalue weighted by atomic mass is 9.67. The first-order valence-corrected chi connectivity index (χ1v) is 11.2. The molecule has 0 aromatic heterocycles. The van der Waals surface area contributed by atoms with Gasteiger partial charge in [0.05, 0.1) is 11.7 Å². The number of fused-ring (bicyclic) bond motifs is 3. The van der Waals surface area contributed by atoms with Crippen LogP contribution in [0.2, 0.25) is 0 Å². The topological polar surface area (TPSA) is 46.5 Å². The summed E-state index contributed by atoms with van der Waals surface area (Å²) in [5.41, 5.74) is 1.60. The van der Waals surface area contributed by atoms with Crippen molar-refractivity contribution >= 4 is 5.78 Å². The van der Waals surface area contributed by atoms with E-state index in [0.717, 1.165) is 30.6 Å². The van der Waals surface area contributed by atoms with E-state index in [9.17, 15) is 9.90 Å². The lowest BCUT2D eigenvalue weighted by molar-refractivity contribution is 0.0915. The summed E-state index contributed by atoms with van der Waals surface area (Å²) < 4.78 is 6.13. The molecule has 3 rings (SSSR count). The lowest BCUT2D eigenvalue weighted by Gasteiger charge is -2.36. The Kier molecular flexibility index (Phi) is 7.20. The van der Waals surface area contributed by atoms with Crippen LogP contribution in [0.15, 0.2) is 12.1 Å². The highest BCUT2D eigenvalue weighted by molar-refractivity contribution is 6.01. The molecule has 0 heterocycles. The number of benzene rings is 1. The first-order valence-electron chi connectivity index (χ1n) is 11.2. The fraction of sp³-hybridized carbons (Fsp3) is 0.708. The minimum atomic E-state index is 0.109. The summed E-state index contributed by atoms with van der Waals surface area (Å²) in [6, 6.07) is 3.70. The molecule has 0 aliphatic heterocycles. The molecule has 27 heavy (non-hydrogen) atoms. The van der Waals surface area contributed by atoms with Gasteiger partial charge in [-0.2, -0.15) is 0 Å². The van der Waals surface area contributed by atoms with Crippen LogP contribution >= 0.6 is 0 Å². The third kappa shape index (κ3) is 5.06. The second kappa shape index (κ2) is 9.61. The monoisotopic (exact) mass is 372 g/mol. The molecule has 2 aliphatic rings. The van der Waals surface area contributed by atoms with Gasteiger partial charge in [-0.05, 0) is 56.1 Å². The molecule has 0 amide bonds. The van der Waals surface area contributed by atoms with E-state index in [0.29, 0.717) is 23.8 Å². The molecule has 1 fully saturated rings. The van der Waals surface area contributed by atoms with Crippen LogP contribution in [-0.2, 0) is 0 Å². The predicted octanol–water partition coefficient (Wildman–Crippen LogP) is 6.77. The second-order valence-corrected chi connectivity index (χ2v) is 8.67. The van der Waals surface area contributed by atoms with Crippen molar-refractivity contribution < 1.29 is 14.6 Å². The van der Waals surface area contributed by atoms with Gasteiger partial charge in [-0.15, -0.1) is 0 Å². The van der Waals surface area contributed by atoms with Crippen LogP contribution in [0.5, 0.6) is 11.5 Å². The number of phenolic OH excluding ortho intramolecular Hbond substituents is 1. The van der Waals surface area contributed by atoms with Gasteiger partial charge in [0.15, 0.2) is 5.78 Å². The molecule has 1 N–H and O–H groups in total. The van der Waals surface area contributed by atoms with Crippen molar-refractivity contribution in [2.75, 3.05) is 0 Å². The molecule has 1 aromatic rings. The van der Waals surface area contributed by atoms with Crippen molar-refractivity contribution in [2.24, 2.45) is 5.92 Å². The van der Waals surface area contributed by atoms with Crippen LogP contribution in [-0.4, -0.2) is 17.0 Å². The Morgan fingerprint density at radius 3 is 2.67 bits per heavy atom. The standard InChI is InChI=1S/C24H36O3/c1-3-4-5-6-7-8-11-17(2)27-19-15-21-20-13-10-9-12-18(20)14-22(25)24(21)23(26)16-19/h15-18,20,26H,3-14H2,1-2H3/t17?,18-,20+/m0/s1. The zero-order valence-electron chi connectivity index (χ0n) is 17.1. The quantitative estimate of drug-likeness (QED) is 0.486. The summed E-state index contributed by atoms with van der Waals surface area (Å²) in [4.78, 5) is 12.5. The summed E-state index contributed by atoms with van der Waals surface area (Å²) in [6.07, 6.45) is 14.2. The number of ether oxygens (including phenoxy) is 1. The summed E-state index contributed by atoms with van der Waals surface area (Å²) in [5.74, 6) is 1.81. The number of rotatable bonds is 9. The normalized spacial score (nSPS) is 22.8. The minimum absolute atomic E-state index is 0.109. The van der Waals surface area contributed by atoms with E-state index in [1.165, 1.54) is 51.4 Å². The molecule has 0 saturated heterocycles. The first kappa shape index (κ1) is 20.2. The molecule has 2 aliphatic carbocycles. The Morgan fingerprint density at radius 2 is 1.85 bits per heavy atom. The van der Waals surface area contributed by atoms with Gasteiger partial charge in [-0.25, -0.2) is 0 Å². The van der Waals surface area contributed by atoms with E-state index in [1.807, 2.05) is 6.07 Å². The smallest absolute Gasteiger partial charge is 0.167 e.